The maximum Gasteiger partial charge on any atom is 0.306 e. The van der Waals surface area contributed by atoms with E-state index in [1.165, 1.54) is 20.3 Å². The highest BCUT2D eigenvalue weighted by Gasteiger charge is 2.24. The first-order valence-electron chi connectivity index (χ1n) is 10.3. The van der Waals surface area contributed by atoms with Gasteiger partial charge in [0.15, 0.2) is 0 Å². The number of rotatable bonds is 9. The van der Waals surface area contributed by atoms with Gasteiger partial charge in [0.05, 0.1) is 39.5 Å². The topological polar surface area (TPSA) is 123 Å². The van der Waals surface area contributed by atoms with Crippen LogP contribution < -0.4 is 19.7 Å². The van der Waals surface area contributed by atoms with Crippen molar-refractivity contribution in [3.8, 4) is 5.75 Å². The fourth-order valence-corrected chi connectivity index (χ4v) is 4.59. The highest BCUT2D eigenvalue weighted by Crippen LogP contribution is 2.31. The van der Waals surface area contributed by atoms with Gasteiger partial charge in [-0.25, -0.2) is 8.42 Å². The van der Waals surface area contributed by atoms with Gasteiger partial charge in [0.1, 0.15) is 10.6 Å². The zero-order valence-corrected chi connectivity index (χ0v) is 19.3. The van der Waals surface area contributed by atoms with Crippen LogP contribution in [0.2, 0.25) is 0 Å². The van der Waals surface area contributed by atoms with Crippen molar-refractivity contribution in [1.29, 1.82) is 0 Å². The lowest BCUT2D eigenvalue weighted by Gasteiger charge is -2.30. The number of sulfonamides is 1. The number of carbonyl (C=O) groups is 2. The van der Waals surface area contributed by atoms with E-state index in [-0.39, 0.29) is 17.7 Å². The standard InChI is InChI=1S/C22H27N3O7S/c1-30-18-6-3-16(4-7-18)24-33(28,29)20-15-17(23-21(26)9-10-22(27)31-2)5-8-19(20)25-11-13-32-14-12-25/h3-8,15,24H,9-14H2,1-2H3,(H,23,26). The van der Waals surface area contributed by atoms with Crippen LogP contribution in [0.3, 0.4) is 0 Å². The molecule has 3 rings (SSSR count). The maximum atomic E-state index is 13.3. The Morgan fingerprint density at radius 2 is 1.67 bits per heavy atom. The SMILES string of the molecule is COC(=O)CCC(=O)Nc1ccc(N2CCOCC2)c(S(=O)(=O)Nc2ccc(OC)cc2)c1. The van der Waals surface area contributed by atoms with Gasteiger partial charge < -0.3 is 24.4 Å². The summed E-state index contributed by atoms with van der Waals surface area (Å²) in [6.07, 6.45) is -0.150. The Hall–Kier alpha value is -3.31. The predicted octanol–water partition coefficient (Wildman–Crippen LogP) is 2.22. The van der Waals surface area contributed by atoms with Gasteiger partial charge in [-0.1, -0.05) is 0 Å². The second kappa shape index (κ2) is 11.0. The maximum absolute atomic E-state index is 13.3. The molecule has 178 valence electrons. The number of methoxy groups -OCH3 is 2. The van der Waals surface area contributed by atoms with Crippen LogP contribution in [-0.2, 0) is 29.1 Å². The summed E-state index contributed by atoms with van der Waals surface area (Å²) in [6.45, 7) is 2.04. The monoisotopic (exact) mass is 477 g/mol. The molecule has 0 radical (unpaired) electrons. The first-order chi connectivity index (χ1) is 15.8. The van der Waals surface area contributed by atoms with Crippen molar-refractivity contribution < 1.29 is 32.2 Å². The van der Waals surface area contributed by atoms with E-state index in [0.29, 0.717) is 49.1 Å². The van der Waals surface area contributed by atoms with Crippen LogP contribution >= 0.6 is 0 Å². The van der Waals surface area contributed by atoms with Crippen LogP contribution in [0.1, 0.15) is 12.8 Å². The molecule has 0 aromatic heterocycles. The van der Waals surface area contributed by atoms with Gasteiger partial charge in [0, 0.05) is 30.9 Å². The average Bonchev–Trinajstić information content (AvgIpc) is 2.83. The van der Waals surface area contributed by atoms with Crippen molar-refractivity contribution in [1.82, 2.24) is 0 Å². The summed E-state index contributed by atoms with van der Waals surface area (Å²) in [6, 6.07) is 11.2. The number of anilines is 3. The lowest BCUT2D eigenvalue weighted by molar-refractivity contribution is -0.141. The van der Waals surface area contributed by atoms with Crippen LogP contribution in [0.5, 0.6) is 5.75 Å². The first kappa shape index (κ1) is 24.3. The minimum Gasteiger partial charge on any atom is -0.497 e. The van der Waals surface area contributed by atoms with Crippen molar-refractivity contribution >= 4 is 39.0 Å². The minimum atomic E-state index is -4.00. The molecule has 2 aromatic carbocycles. The van der Waals surface area contributed by atoms with Gasteiger partial charge in [-0.3, -0.25) is 14.3 Å². The van der Waals surface area contributed by atoms with Crippen LogP contribution in [0.4, 0.5) is 17.1 Å². The van der Waals surface area contributed by atoms with Crippen molar-refractivity contribution in [2.45, 2.75) is 17.7 Å². The molecule has 0 saturated carbocycles. The third kappa shape index (κ3) is 6.59. The van der Waals surface area contributed by atoms with Crippen molar-refractivity contribution in [3.63, 3.8) is 0 Å². The number of hydrogen-bond acceptors (Lipinski definition) is 8. The van der Waals surface area contributed by atoms with Crippen LogP contribution in [-0.4, -0.2) is 60.8 Å². The molecule has 1 aliphatic heterocycles. The molecule has 11 heteroatoms. The summed E-state index contributed by atoms with van der Waals surface area (Å²) in [4.78, 5) is 25.4. The molecule has 0 aliphatic carbocycles. The number of nitrogens with zero attached hydrogens (tertiary/aromatic N) is 1. The largest absolute Gasteiger partial charge is 0.497 e. The number of benzene rings is 2. The molecule has 0 bridgehead atoms. The fourth-order valence-electron chi connectivity index (χ4n) is 3.28. The van der Waals surface area contributed by atoms with E-state index in [0.717, 1.165) is 0 Å². The summed E-state index contributed by atoms with van der Waals surface area (Å²) < 4.78 is 44.3. The normalized spacial score (nSPS) is 13.8. The Labute approximate surface area is 192 Å². The Kier molecular flexibility index (Phi) is 8.12. The van der Waals surface area contributed by atoms with E-state index < -0.39 is 21.9 Å². The predicted molar refractivity (Wildman–Crippen MR) is 123 cm³/mol. The fraction of sp³-hybridized carbons (Fsp3) is 0.364. The first-order valence-corrected chi connectivity index (χ1v) is 11.8. The number of carbonyl (C=O) groups excluding carboxylic acids is 2. The molecule has 1 fully saturated rings. The van der Waals surface area contributed by atoms with Crippen molar-refractivity contribution in [3.05, 3.63) is 42.5 Å². The van der Waals surface area contributed by atoms with Crippen molar-refractivity contribution in [2.24, 2.45) is 0 Å². The molecule has 1 amide bonds. The van der Waals surface area contributed by atoms with Gasteiger partial charge in [-0.2, -0.15) is 0 Å². The van der Waals surface area contributed by atoms with Gasteiger partial charge in [-0.15, -0.1) is 0 Å². The molecular weight excluding hydrogens is 450 g/mol. The molecule has 1 aliphatic rings. The lowest BCUT2D eigenvalue weighted by atomic mass is 10.2. The van der Waals surface area contributed by atoms with E-state index in [9.17, 15) is 18.0 Å². The summed E-state index contributed by atoms with van der Waals surface area (Å²) in [5.74, 6) is -0.325. The van der Waals surface area contributed by atoms with Gasteiger partial charge in [0.2, 0.25) is 5.91 Å². The Balaban J connectivity index is 1.88. The molecule has 0 spiro atoms. The second-order valence-corrected chi connectivity index (χ2v) is 8.89. The number of ether oxygens (including phenoxy) is 3. The third-order valence-corrected chi connectivity index (χ3v) is 6.42. The molecule has 1 saturated heterocycles. The molecule has 2 N–H and O–H groups in total. The van der Waals surface area contributed by atoms with Crippen LogP contribution in [0, 0.1) is 0 Å². The molecule has 1 heterocycles. The van der Waals surface area contributed by atoms with Gasteiger partial charge >= 0.3 is 5.97 Å². The summed E-state index contributed by atoms with van der Waals surface area (Å²) in [5, 5.41) is 2.64. The molecule has 2 aromatic rings. The minimum absolute atomic E-state index is 0.0194. The molecule has 0 atom stereocenters. The lowest BCUT2D eigenvalue weighted by Crippen LogP contribution is -2.37. The van der Waals surface area contributed by atoms with Gasteiger partial charge in [0.25, 0.3) is 10.0 Å². The van der Waals surface area contributed by atoms with E-state index in [4.69, 9.17) is 9.47 Å². The zero-order chi connectivity index (χ0) is 23.8. The zero-order valence-electron chi connectivity index (χ0n) is 18.5. The highest BCUT2D eigenvalue weighted by atomic mass is 32.2. The Morgan fingerprint density at radius 1 is 1.00 bits per heavy atom. The smallest absolute Gasteiger partial charge is 0.306 e. The van der Waals surface area contributed by atoms with E-state index >= 15 is 0 Å². The van der Waals surface area contributed by atoms with Crippen molar-refractivity contribution in [2.75, 3.05) is 55.5 Å². The van der Waals surface area contributed by atoms with Crippen LogP contribution in [0.15, 0.2) is 47.4 Å². The van der Waals surface area contributed by atoms with E-state index in [1.807, 2.05) is 4.90 Å². The Morgan fingerprint density at radius 3 is 2.30 bits per heavy atom. The number of morpholine rings is 1. The molecule has 10 nitrogen and oxygen atoms in total. The summed E-state index contributed by atoms with van der Waals surface area (Å²) in [5.41, 5.74) is 1.18. The van der Waals surface area contributed by atoms with E-state index in [1.54, 1.807) is 36.4 Å². The number of amides is 1. The quantitative estimate of drug-likeness (QED) is 0.527. The highest BCUT2D eigenvalue weighted by molar-refractivity contribution is 7.92. The van der Waals surface area contributed by atoms with E-state index in [2.05, 4.69) is 14.8 Å². The summed E-state index contributed by atoms with van der Waals surface area (Å²) >= 11 is 0. The summed E-state index contributed by atoms with van der Waals surface area (Å²) in [7, 11) is -1.23. The number of hydrogen-bond donors (Lipinski definition) is 2. The number of nitrogens with one attached hydrogen (secondary N) is 2. The molecule has 33 heavy (non-hydrogen) atoms. The molecule has 0 unspecified atom stereocenters. The second-order valence-electron chi connectivity index (χ2n) is 7.24. The third-order valence-electron chi connectivity index (χ3n) is 5.01. The Bertz CT molecular complexity index is 1080. The number of esters is 1. The van der Waals surface area contributed by atoms with Crippen LogP contribution in [0.25, 0.3) is 0 Å². The average molecular weight is 478 g/mol. The van der Waals surface area contributed by atoms with Gasteiger partial charge in [-0.05, 0) is 42.5 Å². The molecular formula is C22H27N3O7S.